The van der Waals surface area contributed by atoms with E-state index < -0.39 is 0 Å². The van der Waals surface area contributed by atoms with Crippen LogP contribution < -0.4 is 4.74 Å². The van der Waals surface area contributed by atoms with Crippen LogP contribution in [-0.4, -0.2) is 40.4 Å². The zero-order valence-electron chi connectivity index (χ0n) is 17.7. The summed E-state index contributed by atoms with van der Waals surface area (Å²) < 4.78 is 10.9. The van der Waals surface area contributed by atoms with E-state index in [1.54, 1.807) is 7.11 Å². The zero-order valence-corrected chi connectivity index (χ0v) is 18.5. The number of hydrogen-bond acceptors (Lipinski definition) is 6. The van der Waals surface area contributed by atoms with E-state index >= 15 is 0 Å². The van der Waals surface area contributed by atoms with Gasteiger partial charge in [-0.05, 0) is 53.4 Å². The Morgan fingerprint density at radius 2 is 1.91 bits per heavy atom. The Kier molecular flexibility index (Phi) is 5.81. The fraction of sp³-hybridized carbons (Fsp3) is 0.240. The molecule has 1 amide bonds. The summed E-state index contributed by atoms with van der Waals surface area (Å²) in [6.45, 7) is 0.772. The lowest BCUT2D eigenvalue weighted by atomic mass is 9.97. The van der Waals surface area contributed by atoms with Gasteiger partial charge in [-0.15, -0.1) is 10.2 Å². The lowest BCUT2D eigenvalue weighted by Crippen LogP contribution is -2.32. The molecule has 0 radical (unpaired) electrons. The van der Waals surface area contributed by atoms with Gasteiger partial charge in [0, 0.05) is 12.1 Å². The Morgan fingerprint density at radius 3 is 2.75 bits per heavy atom. The number of rotatable bonds is 6. The zero-order chi connectivity index (χ0) is 21.9. The minimum atomic E-state index is 0.0923. The second kappa shape index (κ2) is 9.04. The molecule has 0 aliphatic carbocycles. The lowest BCUT2D eigenvalue weighted by molar-refractivity contribution is -0.129. The van der Waals surface area contributed by atoms with Gasteiger partial charge in [0.05, 0.1) is 18.9 Å². The molecule has 3 aromatic carbocycles. The number of carbonyl (C=O) groups is 1. The van der Waals surface area contributed by atoms with Crippen LogP contribution in [0.2, 0.25) is 0 Å². The Hall–Kier alpha value is -3.32. The molecule has 0 bridgehead atoms. The maximum absolute atomic E-state index is 13.1. The second-order valence-corrected chi connectivity index (χ2v) is 8.63. The van der Waals surface area contributed by atoms with Crippen LogP contribution in [0.4, 0.5) is 0 Å². The first-order valence-electron chi connectivity index (χ1n) is 10.6. The van der Waals surface area contributed by atoms with E-state index in [0.29, 0.717) is 11.1 Å². The number of aromatic nitrogens is 2. The number of carbonyl (C=O) groups excluding carboxylic acids is 1. The number of likely N-dealkylation sites (tertiary alicyclic amines) is 1. The van der Waals surface area contributed by atoms with Crippen LogP contribution in [0.25, 0.3) is 22.2 Å². The first kappa shape index (κ1) is 20.6. The summed E-state index contributed by atoms with van der Waals surface area (Å²) in [5, 5.41) is 11.0. The normalized spacial score (nSPS) is 15.9. The van der Waals surface area contributed by atoms with Gasteiger partial charge in [0.1, 0.15) is 5.75 Å². The van der Waals surface area contributed by atoms with Gasteiger partial charge in [0.2, 0.25) is 11.8 Å². The molecule has 1 aliphatic rings. The summed E-state index contributed by atoms with van der Waals surface area (Å²) in [5.74, 6) is 1.55. The highest BCUT2D eigenvalue weighted by molar-refractivity contribution is 7.99. The molecule has 1 atom stereocenters. The molecule has 5 rings (SSSR count). The van der Waals surface area contributed by atoms with Crippen LogP contribution in [-0.2, 0) is 4.79 Å². The van der Waals surface area contributed by atoms with E-state index in [9.17, 15) is 4.79 Å². The van der Waals surface area contributed by atoms with Crippen molar-refractivity contribution in [3.05, 3.63) is 72.3 Å². The monoisotopic (exact) mass is 445 g/mol. The standard InChI is InChI=1S/C25H23N3O3S/c1-30-19-13-11-18(12-14-19)24-26-27-25(31-24)32-16-23(29)28-15-5-10-22(28)21-9-4-7-17-6-2-3-8-20(17)21/h2-4,6-9,11-14,22H,5,10,15-16H2,1H3. The second-order valence-electron chi connectivity index (χ2n) is 7.70. The van der Waals surface area contributed by atoms with Crippen molar-refractivity contribution >= 4 is 28.4 Å². The Bertz CT molecular complexity index is 1230. The van der Waals surface area contributed by atoms with Gasteiger partial charge in [0.25, 0.3) is 5.22 Å². The number of fused-ring (bicyclic) bond motifs is 1. The lowest BCUT2D eigenvalue weighted by Gasteiger charge is -2.26. The number of benzene rings is 3. The van der Waals surface area contributed by atoms with Gasteiger partial charge in [-0.25, -0.2) is 0 Å². The van der Waals surface area contributed by atoms with Crippen molar-refractivity contribution in [1.29, 1.82) is 0 Å². The number of nitrogens with zero attached hydrogens (tertiary/aromatic N) is 3. The first-order valence-corrected chi connectivity index (χ1v) is 11.6. The van der Waals surface area contributed by atoms with E-state index in [1.807, 2.05) is 35.2 Å². The van der Waals surface area contributed by atoms with Crippen LogP contribution >= 0.6 is 11.8 Å². The average molecular weight is 446 g/mol. The first-order chi connectivity index (χ1) is 15.7. The minimum absolute atomic E-state index is 0.0923. The average Bonchev–Trinajstić information content (AvgIpc) is 3.52. The third kappa shape index (κ3) is 4.08. The Labute approximate surface area is 190 Å². The highest BCUT2D eigenvalue weighted by Crippen LogP contribution is 2.36. The van der Waals surface area contributed by atoms with E-state index in [0.717, 1.165) is 30.7 Å². The summed E-state index contributed by atoms with van der Waals surface area (Å²) in [4.78, 5) is 15.1. The van der Waals surface area contributed by atoms with Gasteiger partial charge in [-0.3, -0.25) is 4.79 Å². The molecular formula is C25H23N3O3S. The summed E-state index contributed by atoms with van der Waals surface area (Å²) in [5.41, 5.74) is 2.03. The van der Waals surface area contributed by atoms with Gasteiger partial charge in [-0.2, -0.15) is 0 Å². The number of ether oxygens (including phenoxy) is 1. The van der Waals surface area contributed by atoms with Gasteiger partial charge in [-0.1, -0.05) is 54.2 Å². The molecule has 1 fully saturated rings. The largest absolute Gasteiger partial charge is 0.497 e. The summed E-state index contributed by atoms with van der Waals surface area (Å²) >= 11 is 1.28. The molecule has 0 N–H and O–H groups in total. The van der Waals surface area contributed by atoms with Crippen molar-refractivity contribution in [3.63, 3.8) is 0 Å². The molecule has 1 aliphatic heterocycles. The van der Waals surface area contributed by atoms with Crippen molar-refractivity contribution < 1.29 is 13.9 Å². The molecule has 162 valence electrons. The van der Waals surface area contributed by atoms with Gasteiger partial charge < -0.3 is 14.1 Å². The summed E-state index contributed by atoms with van der Waals surface area (Å²) in [6, 6.07) is 22.2. The Morgan fingerprint density at radius 1 is 1.09 bits per heavy atom. The number of amides is 1. The molecular weight excluding hydrogens is 422 g/mol. The van der Waals surface area contributed by atoms with E-state index in [-0.39, 0.29) is 17.7 Å². The highest BCUT2D eigenvalue weighted by atomic mass is 32.2. The maximum Gasteiger partial charge on any atom is 0.277 e. The molecule has 6 nitrogen and oxygen atoms in total. The van der Waals surface area contributed by atoms with Crippen molar-refractivity contribution in [1.82, 2.24) is 15.1 Å². The van der Waals surface area contributed by atoms with Gasteiger partial charge >= 0.3 is 0 Å². The molecule has 0 saturated carbocycles. The van der Waals surface area contributed by atoms with Crippen LogP contribution in [0.5, 0.6) is 5.75 Å². The van der Waals surface area contributed by atoms with Crippen LogP contribution in [0, 0.1) is 0 Å². The molecule has 7 heteroatoms. The smallest absolute Gasteiger partial charge is 0.277 e. The predicted molar refractivity (Wildman–Crippen MR) is 125 cm³/mol. The minimum Gasteiger partial charge on any atom is -0.497 e. The molecule has 0 spiro atoms. The topological polar surface area (TPSA) is 68.5 Å². The van der Waals surface area contributed by atoms with Crippen molar-refractivity contribution in [3.8, 4) is 17.2 Å². The molecule has 2 heterocycles. The van der Waals surface area contributed by atoms with Gasteiger partial charge in [0.15, 0.2) is 0 Å². The number of thioether (sulfide) groups is 1. The third-order valence-electron chi connectivity index (χ3n) is 5.82. The molecule has 1 saturated heterocycles. The Balaban J connectivity index is 1.27. The summed E-state index contributed by atoms with van der Waals surface area (Å²) in [6.07, 6.45) is 1.99. The van der Waals surface area contributed by atoms with Crippen molar-refractivity contribution in [2.75, 3.05) is 19.4 Å². The molecule has 32 heavy (non-hydrogen) atoms. The molecule has 1 unspecified atom stereocenters. The predicted octanol–water partition coefficient (Wildman–Crippen LogP) is 5.35. The van der Waals surface area contributed by atoms with Crippen LogP contribution in [0.3, 0.4) is 0 Å². The maximum atomic E-state index is 13.1. The number of hydrogen-bond donors (Lipinski definition) is 0. The molecule has 1 aromatic heterocycles. The van der Waals surface area contributed by atoms with Crippen LogP contribution in [0.15, 0.2) is 76.4 Å². The van der Waals surface area contributed by atoms with Crippen molar-refractivity contribution in [2.24, 2.45) is 0 Å². The fourth-order valence-corrected chi connectivity index (χ4v) is 4.90. The van der Waals surface area contributed by atoms with E-state index in [4.69, 9.17) is 9.15 Å². The fourth-order valence-electron chi connectivity index (χ4n) is 4.25. The van der Waals surface area contributed by atoms with Crippen LogP contribution in [0.1, 0.15) is 24.4 Å². The number of methoxy groups -OCH3 is 1. The van der Waals surface area contributed by atoms with E-state index in [1.165, 1.54) is 28.1 Å². The SMILES string of the molecule is COc1ccc(-c2nnc(SCC(=O)N3CCCC3c3cccc4ccccc34)o2)cc1. The molecule has 4 aromatic rings. The quantitative estimate of drug-likeness (QED) is 0.373. The van der Waals surface area contributed by atoms with E-state index in [2.05, 4.69) is 46.6 Å². The van der Waals surface area contributed by atoms with Crippen molar-refractivity contribution in [2.45, 2.75) is 24.1 Å². The highest BCUT2D eigenvalue weighted by Gasteiger charge is 2.31. The third-order valence-corrected chi connectivity index (χ3v) is 6.62. The summed E-state index contributed by atoms with van der Waals surface area (Å²) in [7, 11) is 1.62.